The fourth-order valence-corrected chi connectivity index (χ4v) is 10.0. The lowest BCUT2D eigenvalue weighted by atomic mass is 9.93. The summed E-state index contributed by atoms with van der Waals surface area (Å²) in [6.07, 6.45) is 11.4. The molecule has 4 aromatic heterocycles. The van der Waals surface area contributed by atoms with Gasteiger partial charge in [0.1, 0.15) is 23.0 Å². The first-order chi connectivity index (χ1) is 40.2. The number of ether oxygens (including phenoxy) is 4. The van der Waals surface area contributed by atoms with Crippen LogP contribution in [-0.2, 0) is 0 Å². The van der Waals surface area contributed by atoms with Crippen molar-refractivity contribution in [2.75, 3.05) is 45.4 Å². The number of aromatic amines is 2. The van der Waals surface area contributed by atoms with Crippen molar-refractivity contribution in [1.29, 1.82) is 0 Å². The molecule has 440 valence electrons. The van der Waals surface area contributed by atoms with E-state index in [4.69, 9.17) is 28.9 Å². The van der Waals surface area contributed by atoms with Crippen molar-refractivity contribution in [3.05, 3.63) is 152 Å². The number of fused-ring (bicyclic) bond motifs is 8. The second kappa shape index (κ2) is 25.4. The number of nitrogens with zero attached hydrogens (tertiary/aromatic N) is 4. The third-order valence-electron chi connectivity index (χ3n) is 14.4. The molecule has 12 nitrogen and oxygen atoms in total. The van der Waals surface area contributed by atoms with Gasteiger partial charge in [0.15, 0.2) is 0 Å². The quantitative estimate of drug-likeness (QED) is 0.0549. The van der Waals surface area contributed by atoms with Gasteiger partial charge in [-0.25, -0.2) is 9.97 Å². The average Bonchev–Trinajstić information content (AvgIpc) is 2.14. The highest BCUT2D eigenvalue weighted by Crippen LogP contribution is 2.40. The Kier molecular flexibility index (Phi) is 18.2. The molecule has 7 aromatic rings. The van der Waals surface area contributed by atoms with Crippen molar-refractivity contribution in [3.63, 3.8) is 0 Å². The predicted molar refractivity (Wildman–Crippen MR) is 352 cm³/mol. The zero-order valence-corrected chi connectivity index (χ0v) is 52.7. The number of anilines is 1. The van der Waals surface area contributed by atoms with Crippen LogP contribution in [0.1, 0.15) is 153 Å². The number of H-pyrrole nitrogens is 2. The van der Waals surface area contributed by atoms with E-state index in [1.807, 2.05) is 74.8 Å². The lowest BCUT2D eigenvalue weighted by Crippen LogP contribution is -2.12. The minimum Gasteiger partial charge on any atom is -0.493 e. The Hall–Kier alpha value is -8.52. The first-order valence-corrected chi connectivity index (χ1v) is 30.1. The molecule has 0 saturated carbocycles. The molecule has 0 unspecified atom stereocenters. The Bertz CT molecular complexity index is 3810. The molecule has 0 atom stereocenters. The van der Waals surface area contributed by atoms with E-state index < -0.39 is 4.92 Å². The van der Waals surface area contributed by atoms with Crippen LogP contribution < -0.4 is 23.8 Å². The van der Waals surface area contributed by atoms with Gasteiger partial charge in [0, 0.05) is 65.7 Å². The second-order valence-corrected chi connectivity index (χ2v) is 27.9. The summed E-state index contributed by atoms with van der Waals surface area (Å²) < 4.78 is 26.4. The van der Waals surface area contributed by atoms with Gasteiger partial charge in [-0.2, -0.15) is 0 Å². The summed E-state index contributed by atoms with van der Waals surface area (Å²) in [6, 6.07) is 31.7. The third-order valence-corrected chi connectivity index (χ3v) is 15.3. The van der Waals surface area contributed by atoms with Crippen molar-refractivity contribution >= 4 is 68.4 Å². The van der Waals surface area contributed by atoms with Crippen LogP contribution in [0.15, 0.2) is 97.1 Å². The molecule has 13 heteroatoms. The topological polar surface area (TPSA) is 141 Å². The highest BCUT2D eigenvalue weighted by Gasteiger charge is 2.22. The number of aromatic nitrogens is 4. The van der Waals surface area contributed by atoms with Crippen molar-refractivity contribution in [1.82, 2.24) is 19.9 Å². The van der Waals surface area contributed by atoms with Crippen LogP contribution in [-0.4, -0.2) is 65.4 Å². The number of nitro groups is 1. The van der Waals surface area contributed by atoms with Crippen LogP contribution in [0, 0.1) is 55.5 Å². The van der Waals surface area contributed by atoms with Crippen LogP contribution in [0.3, 0.4) is 0 Å². The van der Waals surface area contributed by atoms with Gasteiger partial charge < -0.3 is 33.8 Å². The van der Waals surface area contributed by atoms with Crippen LogP contribution in [0.4, 0.5) is 10.7 Å². The van der Waals surface area contributed by atoms with E-state index in [0.717, 1.165) is 87.1 Å². The van der Waals surface area contributed by atoms with Crippen LogP contribution in [0.5, 0.6) is 23.0 Å². The van der Waals surface area contributed by atoms with Gasteiger partial charge in [-0.15, -0.1) is 0 Å². The lowest BCUT2D eigenvalue weighted by molar-refractivity contribution is -0.380. The summed E-state index contributed by atoms with van der Waals surface area (Å²) in [5.74, 6) is 16.5. The highest BCUT2D eigenvalue weighted by atomic mass is 32.1. The summed E-state index contributed by atoms with van der Waals surface area (Å²) >= 11 is 1.03. The first-order valence-electron chi connectivity index (χ1n) is 29.2. The highest BCUT2D eigenvalue weighted by molar-refractivity contribution is 7.15. The zero-order valence-electron chi connectivity index (χ0n) is 51.9. The van der Waals surface area contributed by atoms with Crippen LogP contribution in [0.25, 0.3) is 68.6 Å². The molecule has 8 bridgehead atoms. The number of hydrogen-bond donors (Lipinski definition) is 2. The molecule has 2 aliphatic heterocycles. The van der Waals surface area contributed by atoms with Gasteiger partial charge in [-0.05, 0) is 162 Å². The van der Waals surface area contributed by atoms with E-state index in [9.17, 15) is 10.1 Å². The molecular weight excluding hydrogens is 1080 g/mol. The average molecular weight is 1160 g/mol. The van der Waals surface area contributed by atoms with Crippen LogP contribution in [0.2, 0.25) is 0 Å². The Morgan fingerprint density at radius 3 is 1.22 bits per heavy atom. The molecule has 0 fully saturated rings. The lowest BCUT2D eigenvalue weighted by Gasteiger charge is -2.20. The molecule has 85 heavy (non-hydrogen) atoms. The molecule has 9 rings (SSSR count). The molecule has 3 aromatic carbocycles. The number of hydrogen-bond acceptors (Lipinski definition) is 10. The Balaban J connectivity index is 1.36. The first kappa shape index (κ1) is 61.1. The smallest absolute Gasteiger partial charge is 0.325 e. The van der Waals surface area contributed by atoms with Gasteiger partial charge in [0.25, 0.3) is 0 Å². The molecule has 0 aliphatic carbocycles. The zero-order chi connectivity index (χ0) is 60.8. The Morgan fingerprint density at radius 2 is 0.859 bits per heavy atom. The van der Waals surface area contributed by atoms with Gasteiger partial charge in [-0.3, -0.25) is 10.1 Å². The number of nitrogens with one attached hydrogen (secondary N) is 2. The van der Waals surface area contributed by atoms with Crippen molar-refractivity contribution in [3.8, 4) is 68.9 Å². The van der Waals surface area contributed by atoms with Gasteiger partial charge in [-0.1, -0.05) is 118 Å². The van der Waals surface area contributed by atoms with E-state index in [-0.39, 0.29) is 26.7 Å². The maximum Gasteiger partial charge on any atom is 0.325 e. The van der Waals surface area contributed by atoms with E-state index in [1.54, 1.807) is 6.07 Å². The van der Waals surface area contributed by atoms with E-state index in [0.29, 0.717) is 93.7 Å². The SMILES string of the molecule is CN(C)c1ccc(C#Cc2c3nc(c(-c4cc(OCCC(C)(C)C)cc(OCCC(C)(C)C)c4)c4ccc([nH]4)c(C#Cc4ccc([N+](=O)[O-])s4)c4nc(c(-c5cc(OCCC(C)(C)C)cc(OCCC(C)(C)C)c5)c5ccc2[nH]5)C=C4)C=C3)cc1. The fourth-order valence-electron chi connectivity index (χ4n) is 9.34. The van der Waals surface area contributed by atoms with E-state index in [2.05, 4.69) is 170 Å². The molecule has 0 spiro atoms. The summed E-state index contributed by atoms with van der Waals surface area (Å²) in [5, 5.41) is 11.9. The van der Waals surface area contributed by atoms with Crippen molar-refractivity contribution in [2.24, 2.45) is 21.7 Å². The summed E-state index contributed by atoms with van der Waals surface area (Å²) in [6.45, 7) is 28.6. The molecular formula is C72H80N6O6S. The minimum absolute atomic E-state index is 0.0105. The van der Waals surface area contributed by atoms with E-state index >= 15 is 0 Å². The summed E-state index contributed by atoms with van der Waals surface area (Å²) in [4.78, 5) is 32.7. The van der Waals surface area contributed by atoms with Gasteiger partial charge >= 0.3 is 5.00 Å². The summed E-state index contributed by atoms with van der Waals surface area (Å²) in [7, 11) is 4.05. The summed E-state index contributed by atoms with van der Waals surface area (Å²) in [5.41, 5.74) is 12.3. The molecule has 2 N–H and O–H groups in total. The number of rotatable bonds is 16. The minimum atomic E-state index is -0.393. The maximum atomic E-state index is 11.9. The molecule has 6 heterocycles. The molecule has 2 aliphatic rings. The molecule has 0 amide bonds. The maximum absolute atomic E-state index is 11.9. The molecule has 0 saturated heterocycles. The van der Waals surface area contributed by atoms with Crippen LogP contribution >= 0.6 is 11.3 Å². The predicted octanol–water partition coefficient (Wildman–Crippen LogP) is 18.1. The third kappa shape index (κ3) is 16.6. The van der Waals surface area contributed by atoms with Gasteiger partial charge in [0.05, 0.1) is 81.2 Å². The monoisotopic (exact) mass is 1160 g/mol. The number of benzene rings is 3. The van der Waals surface area contributed by atoms with Crippen molar-refractivity contribution in [2.45, 2.75) is 109 Å². The molecule has 0 radical (unpaired) electrons. The Morgan fingerprint density at radius 1 is 0.482 bits per heavy atom. The number of thiophene rings is 1. The van der Waals surface area contributed by atoms with Crippen molar-refractivity contribution < 1.29 is 23.9 Å². The normalized spacial score (nSPS) is 12.3. The second-order valence-electron chi connectivity index (χ2n) is 26.9. The standard InChI is InChI=1S/C72H80N6O6S/c1-69(2,3)33-37-81-51-41-48(42-52(45-51)82-38-34-70(4,5)6)67-62-28-24-58(73-62)56(22-17-47-15-18-50(19-16-47)77(13)14)59-25-29-63(74-59)68(49-43-53(83-39-35-71(7,8)9)46-54(44-49)84-40-36-72(10,11)12)65-31-27-61(76-65)57(60-26-30-64(67)75-60)23-20-55-21-32-66(85-55)78(79)80/h15-16,18-19,21,24-32,41-46,73,76H,33-40H2,1-14H3. The fraction of sp³-hybridized carbons (Fsp3) is 0.361. The van der Waals surface area contributed by atoms with Gasteiger partial charge in [0.2, 0.25) is 0 Å². The largest absolute Gasteiger partial charge is 0.493 e. The van der Waals surface area contributed by atoms with E-state index in [1.165, 1.54) is 6.07 Å². The Labute approximate surface area is 505 Å².